The minimum absolute atomic E-state index is 0.00407. The van der Waals surface area contributed by atoms with Gasteiger partial charge < -0.3 is 14.7 Å². The van der Waals surface area contributed by atoms with Crippen molar-refractivity contribution in [3.63, 3.8) is 0 Å². The van der Waals surface area contributed by atoms with Gasteiger partial charge in [0.25, 0.3) is 0 Å². The molecule has 1 aromatic heterocycles. The fourth-order valence-electron chi connectivity index (χ4n) is 2.05. The molecule has 1 amide bonds. The number of amides is 1. The van der Waals surface area contributed by atoms with E-state index in [4.69, 9.17) is 9.84 Å². The third-order valence-corrected chi connectivity index (χ3v) is 3.03. The van der Waals surface area contributed by atoms with Crippen LogP contribution in [0.3, 0.4) is 0 Å². The first-order valence-corrected chi connectivity index (χ1v) is 6.01. The first-order chi connectivity index (χ1) is 8.98. The van der Waals surface area contributed by atoms with E-state index in [9.17, 15) is 9.59 Å². The van der Waals surface area contributed by atoms with Crippen molar-refractivity contribution < 1.29 is 19.4 Å². The van der Waals surface area contributed by atoms with E-state index in [-0.39, 0.29) is 12.5 Å². The molecule has 0 atom stereocenters. The maximum Gasteiger partial charge on any atom is 0.329 e. The number of hydrogen-bond donors (Lipinski definition) is 1. The van der Waals surface area contributed by atoms with Gasteiger partial charge in [-0.1, -0.05) is 6.07 Å². The summed E-state index contributed by atoms with van der Waals surface area (Å²) in [5.41, 5.74) is 0.329. The highest BCUT2D eigenvalue weighted by atomic mass is 16.5. The van der Waals surface area contributed by atoms with E-state index in [0.717, 1.165) is 5.56 Å². The number of carbonyl (C=O) groups excluding carboxylic acids is 1. The smallest absolute Gasteiger partial charge is 0.329 e. The van der Waals surface area contributed by atoms with Crippen molar-refractivity contribution in [2.24, 2.45) is 0 Å². The van der Waals surface area contributed by atoms with Crippen molar-refractivity contribution >= 4 is 11.9 Å². The molecule has 102 valence electrons. The van der Waals surface area contributed by atoms with Crippen LogP contribution in [0.15, 0.2) is 24.5 Å². The zero-order chi connectivity index (χ0) is 13.9. The van der Waals surface area contributed by atoms with Gasteiger partial charge in [-0.15, -0.1) is 0 Å². The summed E-state index contributed by atoms with van der Waals surface area (Å²) in [5, 5.41) is 8.55. The molecule has 0 aliphatic carbocycles. The molecule has 0 aromatic carbocycles. The quantitative estimate of drug-likeness (QED) is 0.828. The fraction of sp³-hybridized carbons (Fsp3) is 0.462. The molecular formula is C13H16N2O4. The lowest BCUT2D eigenvalue weighted by Crippen LogP contribution is -2.63. The predicted octanol–water partition coefficient (Wildman–Crippen LogP) is 0.326. The molecular weight excluding hydrogens is 248 g/mol. The number of rotatable bonds is 5. The van der Waals surface area contributed by atoms with Crippen molar-refractivity contribution in [1.82, 2.24) is 9.88 Å². The number of aromatic nitrogens is 1. The Morgan fingerprint density at radius 3 is 2.84 bits per heavy atom. The van der Waals surface area contributed by atoms with Crippen molar-refractivity contribution in [3.05, 3.63) is 30.1 Å². The van der Waals surface area contributed by atoms with Crippen molar-refractivity contribution in [3.8, 4) is 0 Å². The standard InChI is InChI=1S/C13H16N2O4/c1-13(19-7-12(17)18)8-15(9-13)11(16)5-10-3-2-4-14-6-10/h2-4,6H,5,7-9H2,1H3,(H,17,18). The molecule has 1 aliphatic heterocycles. The summed E-state index contributed by atoms with van der Waals surface area (Å²) < 4.78 is 5.25. The molecule has 1 aromatic rings. The third kappa shape index (κ3) is 3.51. The molecule has 1 N–H and O–H groups in total. The second-order valence-corrected chi connectivity index (χ2v) is 4.92. The molecule has 0 bridgehead atoms. The highest BCUT2D eigenvalue weighted by Crippen LogP contribution is 2.25. The summed E-state index contributed by atoms with van der Waals surface area (Å²) in [6.45, 7) is 2.34. The van der Waals surface area contributed by atoms with Gasteiger partial charge in [0.05, 0.1) is 19.5 Å². The Hall–Kier alpha value is -1.95. The molecule has 1 aliphatic rings. The van der Waals surface area contributed by atoms with Crippen molar-refractivity contribution in [1.29, 1.82) is 0 Å². The normalized spacial score (nSPS) is 16.8. The van der Waals surface area contributed by atoms with Gasteiger partial charge in [0.2, 0.25) is 5.91 Å². The van der Waals surface area contributed by atoms with Gasteiger partial charge >= 0.3 is 5.97 Å². The molecule has 2 heterocycles. The van der Waals surface area contributed by atoms with Gasteiger partial charge in [-0.25, -0.2) is 4.79 Å². The van der Waals surface area contributed by atoms with Gasteiger partial charge in [0, 0.05) is 12.4 Å². The van der Waals surface area contributed by atoms with Crippen molar-refractivity contribution in [2.45, 2.75) is 18.9 Å². The lowest BCUT2D eigenvalue weighted by molar-refractivity contribution is -0.172. The van der Waals surface area contributed by atoms with Crippen LogP contribution in [0.4, 0.5) is 0 Å². The summed E-state index contributed by atoms with van der Waals surface area (Å²) in [6, 6.07) is 3.64. The van der Waals surface area contributed by atoms with E-state index in [1.807, 2.05) is 13.0 Å². The number of hydrogen-bond acceptors (Lipinski definition) is 4. The Balaban J connectivity index is 1.80. The Bertz CT molecular complexity index is 469. The van der Waals surface area contributed by atoms with Crippen LogP contribution < -0.4 is 0 Å². The van der Waals surface area contributed by atoms with E-state index >= 15 is 0 Å². The fourth-order valence-corrected chi connectivity index (χ4v) is 2.05. The summed E-state index contributed by atoms with van der Waals surface area (Å²) in [7, 11) is 0. The van der Waals surface area contributed by atoms with Crippen LogP contribution in [0.25, 0.3) is 0 Å². The average Bonchev–Trinajstić information content (AvgIpc) is 2.34. The number of aliphatic carboxylic acids is 1. The number of pyridine rings is 1. The molecule has 6 heteroatoms. The van der Waals surface area contributed by atoms with Gasteiger partial charge in [0.15, 0.2) is 0 Å². The van der Waals surface area contributed by atoms with Gasteiger partial charge in [-0.05, 0) is 18.6 Å². The largest absolute Gasteiger partial charge is 0.480 e. The molecule has 0 radical (unpaired) electrons. The lowest BCUT2D eigenvalue weighted by Gasteiger charge is -2.47. The number of carboxylic acid groups (broad SMARTS) is 1. The van der Waals surface area contributed by atoms with E-state index in [0.29, 0.717) is 19.5 Å². The molecule has 0 spiro atoms. The number of likely N-dealkylation sites (tertiary alicyclic amines) is 1. The van der Waals surface area contributed by atoms with E-state index in [1.165, 1.54) is 0 Å². The van der Waals surface area contributed by atoms with Crippen LogP contribution in [0.2, 0.25) is 0 Å². The monoisotopic (exact) mass is 264 g/mol. The highest BCUT2D eigenvalue weighted by molar-refractivity contribution is 5.79. The number of nitrogens with zero attached hydrogens (tertiary/aromatic N) is 2. The Kier molecular flexibility index (Phi) is 3.80. The molecule has 6 nitrogen and oxygen atoms in total. The van der Waals surface area contributed by atoms with Crippen LogP contribution in [0, 0.1) is 0 Å². The SMILES string of the molecule is CC1(OCC(=O)O)CN(C(=O)Cc2cccnc2)C1. The minimum Gasteiger partial charge on any atom is -0.480 e. The maximum absolute atomic E-state index is 11.9. The number of carbonyl (C=O) groups is 2. The van der Waals surface area contributed by atoms with Gasteiger partial charge in [-0.3, -0.25) is 9.78 Å². The van der Waals surface area contributed by atoms with E-state index in [2.05, 4.69) is 4.98 Å². The molecule has 2 rings (SSSR count). The molecule has 0 saturated carbocycles. The summed E-state index contributed by atoms with van der Waals surface area (Å²) in [4.78, 5) is 28.0. The number of carboxylic acids is 1. The Morgan fingerprint density at radius 1 is 1.53 bits per heavy atom. The Labute approximate surface area is 111 Å². The number of ether oxygens (including phenoxy) is 1. The Morgan fingerprint density at radius 2 is 2.26 bits per heavy atom. The van der Waals surface area contributed by atoms with Crippen LogP contribution in [-0.4, -0.2) is 52.2 Å². The predicted molar refractivity (Wildman–Crippen MR) is 66.5 cm³/mol. The molecule has 19 heavy (non-hydrogen) atoms. The minimum atomic E-state index is -0.999. The van der Waals surface area contributed by atoms with Crippen LogP contribution in [0.1, 0.15) is 12.5 Å². The van der Waals surface area contributed by atoms with Crippen LogP contribution in [-0.2, 0) is 20.7 Å². The highest BCUT2D eigenvalue weighted by Gasteiger charge is 2.42. The van der Waals surface area contributed by atoms with Gasteiger partial charge in [-0.2, -0.15) is 0 Å². The zero-order valence-corrected chi connectivity index (χ0v) is 10.7. The third-order valence-electron chi connectivity index (χ3n) is 3.03. The van der Waals surface area contributed by atoms with Crippen LogP contribution in [0.5, 0.6) is 0 Å². The van der Waals surface area contributed by atoms with E-state index < -0.39 is 11.6 Å². The summed E-state index contributed by atoms with van der Waals surface area (Å²) in [5.74, 6) is -0.995. The first kappa shape index (κ1) is 13.5. The first-order valence-electron chi connectivity index (χ1n) is 6.01. The van der Waals surface area contributed by atoms with Crippen molar-refractivity contribution in [2.75, 3.05) is 19.7 Å². The maximum atomic E-state index is 11.9. The molecule has 1 fully saturated rings. The van der Waals surface area contributed by atoms with Crippen LogP contribution >= 0.6 is 0 Å². The van der Waals surface area contributed by atoms with E-state index in [1.54, 1.807) is 23.4 Å². The molecule has 1 saturated heterocycles. The summed E-state index contributed by atoms with van der Waals surface area (Å²) >= 11 is 0. The zero-order valence-electron chi connectivity index (χ0n) is 10.7. The average molecular weight is 264 g/mol. The van der Waals surface area contributed by atoms with Gasteiger partial charge in [0.1, 0.15) is 12.2 Å². The second-order valence-electron chi connectivity index (χ2n) is 4.92. The molecule has 0 unspecified atom stereocenters. The topological polar surface area (TPSA) is 79.7 Å². The second kappa shape index (κ2) is 5.36. The lowest BCUT2D eigenvalue weighted by atomic mass is 9.95. The summed E-state index contributed by atoms with van der Waals surface area (Å²) in [6.07, 6.45) is 3.63.